The third-order valence-corrected chi connectivity index (χ3v) is 0.333. The molecule has 11 heavy (non-hydrogen) atoms. The molecule has 0 spiro atoms. The van der Waals surface area contributed by atoms with Gasteiger partial charge in [-0.3, -0.25) is 0 Å². The Morgan fingerprint density at radius 3 is 2.18 bits per heavy atom. The third-order valence-electron chi connectivity index (χ3n) is 0.333. The first kappa shape index (κ1) is 10.7. The maximum Gasteiger partial charge on any atom is 0.113 e. The first-order valence-corrected chi connectivity index (χ1v) is 2.33. The first-order valence-electron chi connectivity index (χ1n) is 2.33. The molecule has 0 heterocycles. The van der Waals surface area contributed by atoms with Gasteiger partial charge in [-0.15, -0.1) is 0 Å². The molecule has 0 bridgehead atoms. The monoisotopic (exact) mass is 168 g/mol. The summed E-state index contributed by atoms with van der Waals surface area (Å²) in [5.41, 5.74) is 0. The lowest BCUT2D eigenvalue weighted by atomic mass is 10.0. The van der Waals surface area contributed by atoms with E-state index < -0.39 is 6.00 Å². The van der Waals surface area contributed by atoms with Crippen LogP contribution < -0.4 is 0 Å². The summed E-state index contributed by atoms with van der Waals surface area (Å²) in [5, 5.41) is 27.9. The summed E-state index contributed by atoms with van der Waals surface area (Å²) in [6.45, 7) is 1.47. The summed E-state index contributed by atoms with van der Waals surface area (Å²) in [6, 6.07) is -0.700. The zero-order valence-electron chi connectivity index (χ0n) is 5.46. The van der Waals surface area contributed by atoms with E-state index in [1.807, 2.05) is 0 Å². The number of hydrogen-bond donors (Lipinski definition) is 1. The third kappa shape index (κ3) is 9.74. The second-order valence-corrected chi connectivity index (χ2v) is 1.22. The van der Waals surface area contributed by atoms with Gasteiger partial charge in [0.2, 0.25) is 0 Å². The molecule has 1 N–H and O–H groups in total. The van der Waals surface area contributed by atoms with Gasteiger partial charge in [-0.2, -0.15) is 0 Å². The predicted molar refractivity (Wildman–Crippen MR) is 25.4 cm³/mol. The van der Waals surface area contributed by atoms with Crippen molar-refractivity contribution in [2.45, 2.75) is 12.9 Å². The molecular weight excluding hydrogens is 163 g/mol. The highest BCUT2D eigenvalue weighted by molar-refractivity contribution is 6.10. The van der Waals surface area contributed by atoms with Crippen LogP contribution in [0.2, 0.25) is 0 Å². The van der Waals surface area contributed by atoms with E-state index in [1.165, 1.54) is 6.92 Å². The van der Waals surface area contributed by atoms with Crippen molar-refractivity contribution < 1.29 is 40.4 Å². The molecule has 0 aliphatic carbocycles. The van der Waals surface area contributed by atoms with Crippen LogP contribution in [0.3, 0.4) is 0 Å². The second kappa shape index (κ2) is 7.85. The van der Waals surface area contributed by atoms with E-state index in [4.69, 9.17) is 13.1 Å². The fraction of sp³-hybridized carbons (Fsp3) is 1.00. The van der Waals surface area contributed by atoms with Crippen LogP contribution in [0, 0.1) is 0 Å². The van der Waals surface area contributed by atoms with Gasteiger partial charge in [0.05, 0.1) is 6.00 Å². The van der Waals surface area contributed by atoms with Gasteiger partial charge in [0, 0.05) is 0 Å². The highest BCUT2D eigenvalue weighted by Gasteiger charge is 1.95. The number of hydrogen-bond acceptors (Lipinski definition) is 8. The Kier molecular flexibility index (Phi) is 7.67. The van der Waals surface area contributed by atoms with E-state index >= 15 is 0 Å². The first-order chi connectivity index (χ1) is 5.27. The molecule has 0 aromatic carbocycles. The van der Waals surface area contributed by atoms with Crippen LogP contribution in [0.25, 0.3) is 0 Å². The van der Waals surface area contributed by atoms with E-state index in [0.717, 1.165) is 0 Å². The summed E-state index contributed by atoms with van der Waals surface area (Å²) >= 11 is 0. The quantitative estimate of drug-likeness (QED) is 0.237. The number of rotatable bonds is 7. The van der Waals surface area contributed by atoms with Gasteiger partial charge >= 0.3 is 0 Å². The van der Waals surface area contributed by atoms with E-state index in [9.17, 15) is 0 Å². The summed E-state index contributed by atoms with van der Waals surface area (Å²) in [5.74, 6) is 0. The van der Waals surface area contributed by atoms with Gasteiger partial charge < -0.3 is 0 Å². The van der Waals surface area contributed by atoms with Crippen LogP contribution >= 0.6 is 0 Å². The molecule has 0 aromatic rings. The van der Waals surface area contributed by atoms with Crippen LogP contribution in [-0.2, 0) is 35.1 Å². The maximum atomic E-state index is 7.44. The molecular formula is C2H5BO8. The Balaban J connectivity index is 2.80. The van der Waals surface area contributed by atoms with E-state index in [0.29, 0.717) is 0 Å². The summed E-state index contributed by atoms with van der Waals surface area (Å²) in [6.07, 6.45) is 0. The lowest BCUT2D eigenvalue weighted by molar-refractivity contribution is -0.812. The predicted octanol–water partition coefficient (Wildman–Crippen LogP) is -0.420. The topological polar surface area (TPSA) is 84.8 Å². The lowest BCUT2D eigenvalue weighted by Gasteiger charge is -2.01. The van der Waals surface area contributed by atoms with Crippen LogP contribution in [0.4, 0.5) is 0 Å². The summed E-state index contributed by atoms with van der Waals surface area (Å²) < 4.78 is 0. The van der Waals surface area contributed by atoms with Gasteiger partial charge in [-0.1, -0.05) is 0 Å². The van der Waals surface area contributed by atoms with Gasteiger partial charge in [-0.05, 0) is 37.2 Å². The van der Waals surface area contributed by atoms with E-state index in [-0.39, 0.29) is 0 Å². The van der Waals surface area contributed by atoms with Crippen molar-refractivity contribution in [2.24, 2.45) is 0 Å². The van der Waals surface area contributed by atoms with E-state index in [2.05, 4.69) is 35.1 Å². The largest absolute Gasteiger partial charge is 0.219 e. The zero-order chi connectivity index (χ0) is 8.53. The Bertz CT molecular complexity index is 76.5. The summed E-state index contributed by atoms with van der Waals surface area (Å²) in [7, 11) is 5.01. The minimum absolute atomic E-state index is 0.700. The lowest BCUT2D eigenvalue weighted by Crippen LogP contribution is -2.09. The minimum atomic E-state index is -0.700. The normalized spacial score (nSPS) is 13.3. The molecule has 2 radical (unpaired) electrons. The fourth-order valence-electron chi connectivity index (χ4n) is 0.124. The molecule has 0 aliphatic heterocycles. The molecule has 1 atom stereocenters. The Labute approximate surface area is 62.4 Å². The fourth-order valence-corrected chi connectivity index (χ4v) is 0.124. The molecule has 8 nitrogen and oxygen atoms in total. The van der Waals surface area contributed by atoms with Crippen LogP contribution in [0.1, 0.15) is 6.92 Å². The molecule has 0 saturated carbocycles. The van der Waals surface area contributed by atoms with Crippen molar-refractivity contribution in [3.8, 4) is 0 Å². The molecule has 64 valence electrons. The smallest absolute Gasteiger partial charge is 0.113 e. The van der Waals surface area contributed by atoms with Crippen LogP contribution in [0.15, 0.2) is 0 Å². The van der Waals surface area contributed by atoms with Gasteiger partial charge in [0.15, 0.2) is 0 Å². The highest BCUT2D eigenvalue weighted by Crippen LogP contribution is 1.89. The minimum Gasteiger partial charge on any atom is -0.219 e. The second-order valence-electron chi connectivity index (χ2n) is 1.22. The van der Waals surface area contributed by atoms with Gasteiger partial charge in [0.25, 0.3) is 0 Å². The average molecular weight is 168 g/mol. The van der Waals surface area contributed by atoms with Crippen molar-refractivity contribution in [3.05, 3.63) is 0 Å². The van der Waals surface area contributed by atoms with Crippen molar-refractivity contribution in [3.63, 3.8) is 0 Å². The SMILES string of the molecule is [B]C(C)OOOOOOOO. The van der Waals surface area contributed by atoms with Crippen molar-refractivity contribution in [2.75, 3.05) is 0 Å². The van der Waals surface area contributed by atoms with Crippen molar-refractivity contribution in [1.29, 1.82) is 0 Å². The molecule has 0 fully saturated rings. The molecule has 9 heteroatoms. The Morgan fingerprint density at radius 1 is 1.09 bits per heavy atom. The molecule has 1 unspecified atom stereocenters. The Hall–Kier alpha value is -0.255. The maximum absolute atomic E-state index is 7.44. The average Bonchev–Trinajstić information content (AvgIpc) is 1.96. The Morgan fingerprint density at radius 2 is 1.64 bits per heavy atom. The zero-order valence-corrected chi connectivity index (χ0v) is 5.46. The highest BCUT2D eigenvalue weighted by atomic mass is 17.9. The summed E-state index contributed by atoms with van der Waals surface area (Å²) in [4.78, 5) is 4.11. The standard InChI is InChI=1S/C2H5BO8/c1-2(3)5-7-9-11-10-8-6-4/h2,4H,1H3. The molecule has 0 aromatic heterocycles. The van der Waals surface area contributed by atoms with Crippen LogP contribution in [0.5, 0.6) is 0 Å². The molecule has 0 rings (SSSR count). The van der Waals surface area contributed by atoms with E-state index in [1.54, 1.807) is 0 Å². The van der Waals surface area contributed by atoms with Gasteiger partial charge in [0.1, 0.15) is 7.85 Å². The van der Waals surface area contributed by atoms with Crippen LogP contribution in [-0.4, -0.2) is 19.1 Å². The van der Waals surface area contributed by atoms with Crippen molar-refractivity contribution in [1.82, 2.24) is 0 Å². The van der Waals surface area contributed by atoms with Crippen molar-refractivity contribution >= 4 is 7.85 Å². The van der Waals surface area contributed by atoms with Gasteiger partial charge in [-0.25, -0.2) is 10.1 Å². The molecule has 0 aliphatic rings. The molecule has 0 amide bonds. The molecule has 0 saturated heterocycles.